The predicted molar refractivity (Wildman–Crippen MR) is 110 cm³/mol. The van der Waals surface area contributed by atoms with E-state index in [4.69, 9.17) is 4.84 Å². The fourth-order valence-electron chi connectivity index (χ4n) is 2.91. The van der Waals surface area contributed by atoms with Crippen molar-refractivity contribution in [1.82, 2.24) is 9.63 Å². The van der Waals surface area contributed by atoms with Crippen LogP contribution >= 0.6 is 22.6 Å². The van der Waals surface area contributed by atoms with Crippen LogP contribution in [0.2, 0.25) is 0 Å². The number of hydrogen-bond donors (Lipinski definition) is 1. The van der Waals surface area contributed by atoms with Crippen molar-refractivity contribution in [2.75, 3.05) is 11.9 Å². The van der Waals surface area contributed by atoms with Crippen molar-refractivity contribution in [1.29, 1.82) is 0 Å². The van der Waals surface area contributed by atoms with E-state index in [0.717, 1.165) is 3.57 Å². The predicted octanol–water partition coefficient (Wildman–Crippen LogP) is 3.60. The van der Waals surface area contributed by atoms with Gasteiger partial charge in [0.15, 0.2) is 0 Å². The Morgan fingerprint density at radius 3 is 2.56 bits per heavy atom. The summed E-state index contributed by atoms with van der Waals surface area (Å²) in [4.78, 5) is 31.1. The van der Waals surface area contributed by atoms with E-state index >= 15 is 0 Å². The van der Waals surface area contributed by atoms with Gasteiger partial charge in [0.1, 0.15) is 11.6 Å². The minimum absolute atomic E-state index is 0.195. The van der Waals surface area contributed by atoms with Gasteiger partial charge in [-0.2, -0.15) is 0 Å². The molecule has 0 fully saturated rings. The number of rotatable bonds is 3. The molecular weight excluding hydrogens is 464 g/mol. The fourth-order valence-corrected chi connectivity index (χ4v) is 3.37. The Morgan fingerprint density at radius 2 is 1.93 bits per heavy atom. The quantitative estimate of drug-likeness (QED) is 0.676. The first kappa shape index (κ1) is 19.8. The summed E-state index contributed by atoms with van der Waals surface area (Å²) < 4.78 is 16.4. The number of nitrogens with one attached hydrogen (secondary N) is 1. The average molecular weight is 485 g/mol. The van der Waals surface area contributed by atoms with Gasteiger partial charge in [-0.25, -0.2) is 9.45 Å². The van der Waals surface area contributed by atoms with Gasteiger partial charge in [0, 0.05) is 16.7 Å². The molecular formula is C19H21FIN3O3. The minimum atomic E-state index is -0.538. The number of amides is 1. The molecule has 144 valence electrons. The van der Waals surface area contributed by atoms with E-state index in [0.29, 0.717) is 24.1 Å². The number of hydrogen-bond acceptors (Lipinski definition) is 4. The molecule has 1 N–H and O–H groups in total. The first-order chi connectivity index (χ1) is 12.6. The maximum absolute atomic E-state index is 14.3. The van der Waals surface area contributed by atoms with E-state index in [9.17, 15) is 14.0 Å². The van der Waals surface area contributed by atoms with Gasteiger partial charge < -0.3 is 5.32 Å². The first-order valence-electron chi connectivity index (χ1n) is 8.53. The molecule has 0 unspecified atom stereocenters. The number of fused-ring (bicyclic) bond motifs is 1. The maximum Gasteiger partial charge on any atom is 0.281 e. The number of anilines is 2. The molecule has 1 aliphatic rings. The third-order valence-electron chi connectivity index (χ3n) is 4.11. The molecule has 0 saturated carbocycles. The summed E-state index contributed by atoms with van der Waals surface area (Å²) >= 11 is 2.02. The van der Waals surface area contributed by atoms with Crippen LogP contribution in [0.15, 0.2) is 29.1 Å². The number of hydroxylamine groups is 2. The summed E-state index contributed by atoms with van der Waals surface area (Å²) in [6.07, 6.45) is 0.483. The number of carbonyl (C=O) groups excluding carboxylic acids is 1. The Morgan fingerprint density at radius 1 is 1.22 bits per heavy atom. The average Bonchev–Trinajstić information content (AvgIpc) is 2.55. The first-order valence-corrected chi connectivity index (χ1v) is 9.60. The summed E-state index contributed by atoms with van der Waals surface area (Å²) in [6.45, 7) is 5.93. The van der Waals surface area contributed by atoms with E-state index in [1.807, 2.05) is 43.4 Å². The molecule has 0 saturated heterocycles. The SMILES string of the molecule is Cn1c(Nc2ccc(I)cc2F)c2c(cc1=O)CCN(OC(C)(C)C)C2=O. The van der Waals surface area contributed by atoms with Crippen molar-refractivity contribution < 1.29 is 14.0 Å². The fraction of sp³-hybridized carbons (Fsp3) is 0.368. The number of nitrogens with zero attached hydrogens (tertiary/aromatic N) is 2. The van der Waals surface area contributed by atoms with Crippen molar-refractivity contribution >= 4 is 40.0 Å². The Kier molecular flexibility index (Phi) is 5.31. The highest BCUT2D eigenvalue weighted by atomic mass is 127. The van der Waals surface area contributed by atoms with Crippen molar-refractivity contribution in [2.45, 2.75) is 32.8 Å². The Hall–Kier alpha value is -1.94. The number of carbonyl (C=O) groups is 1. The van der Waals surface area contributed by atoms with Crippen LogP contribution in [0.4, 0.5) is 15.9 Å². The maximum atomic E-state index is 14.3. The van der Waals surface area contributed by atoms with E-state index in [1.165, 1.54) is 21.8 Å². The van der Waals surface area contributed by atoms with Gasteiger partial charge in [-0.1, -0.05) is 0 Å². The number of benzene rings is 1. The molecule has 6 nitrogen and oxygen atoms in total. The Balaban J connectivity index is 2.08. The lowest BCUT2D eigenvalue weighted by Crippen LogP contribution is -2.44. The lowest BCUT2D eigenvalue weighted by atomic mass is 10.0. The molecule has 0 aliphatic carbocycles. The van der Waals surface area contributed by atoms with Crippen molar-refractivity contribution in [3.8, 4) is 0 Å². The molecule has 2 heterocycles. The molecule has 0 spiro atoms. The molecule has 1 aromatic heterocycles. The van der Waals surface area contributed by atoms with Gasteiger partial charge >= 0.3 is 0 Å². The van der Waals surface area contributed by atoms with Gasteiger partial charge in [-0.05, 0) is 73.5 Å². The molecule has 27 heavy (non-hydrogen) atoms. The summed E-state index contributed by atoms with van der Waals surface area (Å²) in [7, 11) is 1.55. The van der Waals surface area contributed by atoms with Crippen molar-refractivity contribution in [3.63, 3.8) is 0 Å². The lowest BCUT2D eigenvalue weighted by Gasteiger charge is -2.34. The summed E-state index contributed by atoms with van der Waals surface area (Å²) in [5.41, 5.74) is 0.348. The zero-order valence-electron chi connectivity index (χ0n) is 15.6. The monoisotopic (exact) mass is 485 g/mol. The smallest absolute Gasteiger partial charge is 0.281 e. The molecule has 0 radical (unpaired) electrons. The highest BCUT2D eigenvalue weighted by Gasteiger charge is 2.32. The van der Waals surface area contributed by atoms with Gasteiger partial charge in [-0.15, -0.1) is 0 Å². The van der Waals surface area contributed by atoms with Gasteiger partial charge in [0.2, 0.25) is 0 Å². The van der Waals surface area contributed by atoms with Gasteiger partial charge in [0.05, 0.1) is 23.4 Å². The molecule has 1 amide bonds. The van der Waals surface area contributed by atoms with Gasteiger partial charge in [0.25, 0.3) is 11.5 Å². The standard InChI is InChI=1S/C19H21FIN3O3/c1-19(2,3)27-24-8-7-11-9-15(25)23(4)17(16(11)18(24)26)22-14-6-5-12(21)10-13(14)20/h5-6,9-10,22H,7-8H2,1-4H3. The third-order valence-corrected chi connectivity index (χ3v) is 4.79. The van der Waals surface area contributed by atoms with Crippen LogP contribution in [0.1, 0.15) is 36.7 Å². The number of pyridine rings is 1. The van der Waals surface area contributed by atoms with Crippen LogP contribution in [0, 0.1) is 9.39 Å². The molecule has 2 aromatic rings. The molecule has 8 heteroatoms. The summed E-state index contributed by atoms with van der Waals surface area (Å²) in [5, 5.41) is 4.24. The summed E-state index contributed by atoms with van der Waals surface area (Å²) in [5.74, 6) is -0.557. The van der Waals surface area contributed by atoms with Crippen LogP contribution < -0.4 is 10.9 Å². The zero-order chi connectivity index (χ0) is 19.9. The minimum Gasteiger partial charge on any atom is -0.338 e. The second-order valence-electron chi connectivity index (χ2n) is 7.40. The largest absolute Gasteiger partial charge is 0.338 e. The molecule has 1 aliphatic heterocycles. The van der Waals surface area contributed by atoms with Crippen LogP contribution in [-0.2, 0) is 18.3 Å². The zero-order valence-corrected chi connectivity index (χ0v) is 17.8. The van der Waals surface area contributed by atoms with Crippen LogP contribution in [-0.4, -0.2) is 27.7 Å². The van der Waals surface area contributed by atoms with E-state index in [-0.39, 0.29) is 23.0 Å². The number of halogens is 2. The van der Waals surface area contributed by atoms with Crippen molar-refractivity contribution in [3.05, 3.63) is 55.1 Å². The van der Waals surface area contributed by atoms with E-state index in [1.54, 1.807) is 19.2 Å². The normalized spacial score (nSPS) is 14.3. The topological polar surface area (TPSA) is 63.6 Å². The van der Waals surface area contributed by atoms with Gasteiger partial charge in [-0.3, -0.25) is 19.0 Å². The summed E-state index contributed by atoms with van der Waals surface area (Å²) in [6, 6.07) is 6.17. The van der Waals surface area contributed by atoms with E-state index < -0.39 is 11.4 Å². The van der Waals surface area contributed by atoms with Crippen LogP contribution in [0.25, 0.3) is 0 Å². The Labute approximate surface area is 170 Å². The molecule has 0 atom stereocenters. The van der Waals surface area contributed by atoms with E-state index in [2.05, 4.69) is 5.32 Å². The second kappa shape index (κ2) is 7.23. The van der Waals surface area contributed by atoms with Crippen LogP contribution in [0.5, 0.6) is 0 Å². The molecule has 3 rings (SSSR count). The van der Waals surface area contributed by atoms with Crippen LogP contribution in [0.3, 0.4) is 0 Å². The molecule has 0 bridgehead atoms. The lowest BCUT2D eigenvalue weighted by molar-refractivity contribution is -0.197. The Bertz CT molecular complexity index is 966. The molecule has 1 aromatic carbocycles. The van der Waals surface area contributed by atoms with Crippen molar-refractivity contribution in [2.24, 2.45) is 7.05 Å². The second-order valence-corrected chi connectivity index (χ2v) is 8.65. The highest BCUT2D eigenvalue weighted by Crippen LogP contribution is 2.30. The number of aromatic nitrogens is 1. The third kappa shape index (κ3) is 4.16. The highest BCUT2D eigenvalue weighted by molar-refractivity contribution is 14.1.